The fraction of sp³-hybridized carbons (Fsp3) is 0.273. The van der Waals surface area contributed by atoms with Crippen LogP contribution in [0.5, 0.6) is 5.75 Å². The van der Waals surface area contributed by atoms with E-state index in [9.17, 15) is 9.59 Å². The number of rotatable bonds is 1. The van der Waals surface area contributed by atoms with Crippen molar-refractivity contribution >= 4 is 22.6 Å². The molecule has 0 saturated carbocycles. The number of ketones is 1. The summed E-state index contributed by atoms with van der Waals surface area (Å²) < 4.78 is 8.24. The Hall–Kier alpha value is -3.08. The van der Waals surface area contributed by atoms with E-state index >= 15 is 0 Å². The Kier molecular flexibility index (Phi) is 3.41. The maximum atomic E-state index is 13.1. The van der Waals surface area contributed by atoms with Gasteiger partial charge in [-0.1, -0.05) is 18.2 Å². The van der Waals surface area contributed by atoms with Crippen molar-refractivity contribution in [2.75, 3.05) is 13.1 Å². The molecule has 2 aliphatic rings. The van der Waals surface area contributed by atoms with Crippen LogP contribution in [-0.2, 0) is 7.05 Å². The molecule has 5 rings (SSSR count). The average molecular weight is 360 g/mol. The molecule has 27 heavy (non-hydrogen) atoms. The fourth-order valence-corrected chi connectivity index (χ4v) is 4.27. The summed E-state index contributed by atoms with van der Waals surface area (Å²) >= 11 is 0. The van der Waals surface area contributed by atoms with Crippen LogP contribution in [0, 0.1) is 0 Å². The smallest absolute Gasteiger partial charge is 0.254 e. The molecule has 1 spiro atoms. The molecule has 0 aliphatic carbocycles. The van der Waals surface area contributed by atoms with Crippen LogP contribution >= 0.6 is 0 Å². The van der Waals surface area contributed by atoms with Crippen LogP contribution in [0.3, 0.4) is 0 Å². The molecule has 0 N–H and O–H groups in total. The second kappa shape index (κ2) is 5.71. The van der Waals surface area contributed by atoms with E-state index in [2.05, 4.69) is 0 Å². The number of nitrogens with zero attached hydrogens (tertiary/aromatic N) is 2. The third kappa shape index (κ3) is 2.53. The minimum absolute atomic E-state index is 0.00937. The minimum Gasteiger partial charge on any atom is -0.484 e. The molecule has 1 saturated heterocycles. The van der Waals surface area contributed by atoms with Gasteiger partial charge in [0.15, 0.2) is 5.78 Å². The van der Waals surface area contributed by atoms with Crippen molar-refractivity contribution in [2.45, 2.75) is 18.4 Å². The van der Waals surface area contributed by atoms with Crippen molar-refractivity contribution in [3.05, 3.63) is 65.9 Å². The summed E-state index contributed by atoms with van der Waals surface area (Å²) in [6, 6.07) is 15.2. The number of aryl methyl sites for hydroxylation is 1. The third-order valence-electron chi connectivity index (χ3n) is 5.74. The molecular weight excluding hydrogens is 340 g/mol. The number of hydrogen-bond acceptors (Lipinski definition) is 3. The van der Waals surface area contributed by atoms with Crippen LogP contribution in [0.1, 0.15) is 33.6 Å². The van der Waals surface area contributed by atoms with Gasteiger partial charge in [-0.05, 0) is 35.7 Å². The van der Waals surface area contributed by atoms with Gasteiger partial charge in [0.25, 0.3) is 5.91 Å². The van der Waals surface area contributed by atoms with E-state index in [1.54, 1.807) is 6.07 Å². The summed E-state index contributed by atoms with van der Waals surface area (Å²) in [7, 11) is 1.97. The number of fused-ring (bicyclic) bond motifs is 2. The molecule has 3 aromatic rings. The van der Waals surface area contributed by atoms with E-state index in [-0.39, 0.29) is 11.7 Å². The Bertz CT molecular complexity index is 1080. The van der Waals surface area contributed by atoms with Crippen molar-refractivity contribution in [1.29, 1.82) is 0 Å². The van der Waals surface area contributed by atoms with Crippen molar-refractivity contribution in [3.63, 3.8) is 0 Å². The minimum atomic E-state index is -0.601. The van der Waals surface area contributed by atoms with Gasteiger partial charge < -0.3 is 14.2 Å². The normalized spacial score (nSPS) is 21.5. The van der Waals surface area contributed by atoms with Gasteiger partial charge in [-0.15, -0.1) is 0 Å². The number of para-hydroxylation sites is 1. The lowest BCUT2D eigenvalue weighted by Crippen LogP contribution is -2.45. The van der Waals surface area contributed by atoms with Crippen LogP contribution in [0.15, 0.2) is 54.7 Å². The fourth-order valence-electron chi connectivity index (χ4n) is 4.27. The molecule has 136 valence electrons. The van der Waals surface area contributed by atoms with Crippen LogP contribution in [0.2, 0.25) is 0 Å². The van der Waals surface area contributed by atoms with Gasteiger partial charge >= 0.3 is 0 Å². The lowest BCUT2D eigenvalue weighted by molar-refractivity contribution is 0.0428. The number of carbonyl (C=O) groups excluding carboxylic acids is 2. The molecule has 1 fully saturated rings. The molecule has 5 heteroatoms. The average Bonchev–Trinajstić information content (AvgIpc) is 3.25. The summed E-state index contributed by atoms with van der Waals surface area (Å²) in [6.07, 6.45) is 2.98. The van der Waals surface area contributed by atoms with Gasteiger partial charge in [-0.3, -0.25) is 9.59 Å². The molecule has 0 bridgehead atoms. The molecular formula is C22H20N2O3. The van der Waals surface area contributed by atoms with Gasteiger partial charge in [0.05, 0.1) is 18.5 Å². The summed E-state index contributed by atoms with van der Waals surface area (Å²) in [5.74, 6) is 0.717. The van der Waals surface area contributed by atoms with E-state index in [0.717, 1.165) is 10.9 Å². The highest BCUT2D eigenvalue weighted by Crippen LogP contribution is 2.39. The number of benzene rings is 2. The number of aromatic nitrogens is 1. The van der Waals surface area contributed by atoms with E-state index < -0.39 is 5.60 Å². The number of hydrogen-bond donors (Lipinski definition) is 0. The Morgan fingerprint density at radius 1 is 1.15 bits per heavy atom. The Balaban J connectivity index is 1.41. The summed E-state index contributed by atoms with van der Waals surface area (Å²) in [4.78, 5) is 27.4. The SMILES string of the molecule is Cn1ccc2ccc(C(=O)N3CC[C@]4(CC(=O)c5ccccc5O4)C3)cc21. The first-order chi connectivity index (χ1) is 13.0. The molecule has 0 unspecified atom stereocenters. The zero-order chi connectivity index (χ0) is 18.6. The number of Topliss-reactive ketones (excluding diaryl/α,β-unsaturated/α-hetero) is 1. The summed E-state index contributed by atoms with van der Waals surface area (Å²) in [5.41, 5.74) is 1.75. The summed E-state index contributed by atoms with van der Waals surface area (Å²) in [6.45, 7) is 1.04. The number of likely N-dealkylation sites (tertiary alicyclic amines) is 1. The van der Waals surface area contributed by atoms with Gasteiger partial charge in [0.2, 0.25) is 0 Å². The Morgan fingerprint density at radius 2 is 2.00 bits per heavy atom. The van der Waals surface area contributed by atoms with Crippen LogP contribution in [0.4, 0.5) is 0 Å². The molecule has 2 aliphatic heterocycles. The van der Waals surface area contributed by atoms with E-state index in [1.165, 1.54) is 0 Å². The molecule has 1 aromatic heterocycles. The van der Waals surface area contributed by atoms with Gasteiger partial charge in [0.1, 0.15) is 11.4 Å². The standard InChI is InChI=1S/C22H20N2O3/c1-23-10-8-15-6-7-16(12-18(15)23)21(26)24-11-9-22(14-24)13-19(25)17-4-2-3-5-20(17)27-22/h2-8,10,12H,9,11,13-14H2,1H3/t22-/m0/s1. The number of ether oxygens (including phenoxy) is 1. The zero-order valence-corrected chi connectivity index (χ0v) is 15.1. The second-order valence-corrected chi connectivity index (χ2v) is 7.56. The topological polar surface area (TPSA) is 51.5 Å². The van der Waals surface area contributed by atoms with Gasteiger partial charge in [-0.2, -0.15) is 0 Å². The highest BCUT2D eigenvalue weighted by atomic mass is 16.5. The third-order valence-corrected chi connectivity index (χ3v) is 5.74. The largest absolute Gasteiger partial charge is 0.484 e. The van der Waals surface area contributed by atoms with Crippen LogP contribution in [-0.4, -0.2) is 39.8 Å². The van der Waals surface area contributed by atoms with Crippen LogP contribution < -0.4 is 4.74 Å². The van der Waals surface area contributed by atoms with Crippen molar-refractivity contribution in [3.8, 4) is 5.75 Å². The molecule has 0 radical (unpaired) electrons. The van der Waals surface area contributed by atoms with Crippen molar-refractivity contribution in [2.24, 2.45) is 7.05 Å². The van der Waals surface area contributed by atoms with Crippen molar-refractivity contribution < 1.29 is 14.3 Å². The highest BCUT2D eigenvalue weighted by molar-refractivity contribution is 6.01. The Morgan fingerprint density at radius 3 is 2.89 bits per heavy atom. The van der Waals surface area contributed by atoms with Crippen molar-refractivity contribution in [1.82, 2.24) is 9.47 Å². The number of amides is 1. The maximum absolute atomic E-state index is 13.1. The molecule has 5 nitrogen and oxygen atoms in total. The lowest BCUT2D eigenvalue weighted by atomic mass is 9.89. The molecule has 2 aromatic carbocycles. The van der Waals surface area contributed by atoms with Crippen LogP contribution in [0.25, 0.3) is 10.9 Å². The summed E-state index contributed by atoms with van der Waals surface area (Å²) in [5, 5.41) is 1.12. The molecule has 3 heterocycles. The van der Waals surface area contributed by atoms with E-state index in [4.69, 9.17) is 4.74 Å². The second-order valence-electron chi connectivity index (χ2n) is 7.56. The first-order valence-electron chi connectivity index (χ1n) is 9.20. The predicted molar refractivity (Wildman–Crippen MR) is 102 cm³/mol. The molecule has 1 amide bonds. The zero-order valence-electron chi connectivity index (χ0n) is 15.1. The van der Waals surface area contributed by atoms with E-state index in [0.29, 0.717) is 42.8 Å². The predicted octanol–water partition coefficient (Wildman–Crippen LogP) is 3.43. The lowest BCUT2D eigenvalue weighted by Gasteiger charge is -2.34. The molecule has 1 atom stereocenters. The monoisotopic (exact) mass is 360 g/mol. The first kappa shape index (κ1) is 16.1. The Labute approximate surface area is 157 Å². The van der Waals surface area contributed by atoms with Gasteiger partial charge in [0, 0.05) is 37.3 Å². The quantitative estimate of drug-likeness (QED) is 0.668. The maximum Gasteiger partial charge on any atom is 0.254 e. The number of carbonyl (C=O) groups is 2. The van der Waals surface area contributed by atoms with E-state index in [1.807, 2.05) is 65.2 Å². The van der Waals surface area contributed by atoms with Gasteiger partial charge in [-0.25, -0.2) is 0 Å². The first-order valence-corrected chi connectivity index (χ1v) is 9.20. The highest BCUT2D eigenvalue weighted by Gasteiger charge is 2.47.